The molecule has 0 aliphatic rings. The first-order chi connectivity index (χ1) is 17.9. The van der Waals surface area contributed by atoms with Gasteiger partial charge in [-0.1, -0.05) is 39.0 Å². The van der Waals surface area contributed by atoms with Crippen LogP contribution in [0.3, 0.4) is 0 Å². The van der Waals surface area contributed by atoms with E-state index in [0.29, 0.717) is 11.6 Å². The zero-order valence-electron chi connectivity index (χ0n) is 21.5. The highest BCUT2D eigenvalue weighted by Gasteiger charge is 2.28. The molecule has 198 valence electrons. The maximum Gasteiger partial charge on any atom is 0.253 e. The van der Waals surface area contributed by atoms with Gasteiger partial charge in [0, 0.05) is 35.7 Å². The number of nitrogens with zero attached hydrogens (tertiary/aromatic N) is 3. The lowest BCUT2D eigenvalue weighted by atomic mass is 9.87. The molecule has 0 bridgehead atoms. The van der Waals surface area contributed by atoms with Crippen LogP contribution in [-0.4, -0.2) is 46.5 Å². The largest absolute Gasteiger partial charge is 0.340 e. The van der Waals surface area contributed by atoms with Gasteiger partial charge in [-0.15, -0.1) is 11.3 Å². The number of amides is 2. The van der Waals surface area contributed by atoms with E-state index in [4.69, 9.17) is 0 Å². The molecule has 0 spiro atoms. The van der Waals surface area contributed by atoms with E-state index in [2.05, 4.69) is 20.6 Å². The fourth-order valence-electron chi connectivity index (χ4n) is 3.84. The Labute approximate surface area is 226 Å². The van der Waals surface area contributed by atoms with Crippen molar-refractivity contribution in [2.45, 2.75) is 33.2 Å². The van der Waals surface area contributed by atoms with Crippen molar-refractivity contribution in [1.29, 1.82) is 0 Å². The normalized spacial score (nSPS) is 12.6. The summed E-state index contributed by atoms with van der Waals surface area (Å²) >= 11 is 1.30. The van der Waals surface area contributed by atoms with Gasteiger partial charge in [-0.2, -0.15) is 0 Å². The van der Waals surface area contributed by atoms with Crippen LogP contribution in [0.15, 0.2) is 72.6 Å². The molecule has 4 aromatic rings. The third-order valence-electron chi connectivity index (χ3n) is 5.66. The second kappa shape index (κ2) is 10.9. The van der Waals surface area contributed by atoms with Crippen molar-refractivity contribution in [3.8, 4) is 22.4 Å². The maximum atomic E-state index is 13.2. The lowest BCUT2D eigenvalue weighted by Gasteiger charge is -2.25. The Morgan fingerprint density at radius 2 is 1.76 bits per heavy atom. The number of carbonyl (C=O) groups excluding carboxylic acids is 2. The zero-order chi connectivity index (χ0) is 27.5. The van der Waals surface area contributed by atoms with Crippen LogP contribution < -0.4 is 10.6 Å². The summed E-state index contributed by atoms with van der Waals surface area (Å²) in [7, 11) is -3.52. The summed E-state index contributed by atoms with van der Waals surface area (Å²) < 4.78 is 24.4. The highest BCUT2D eigenvalue weighted by Crippen LogP contribution is 2.29. The van der Waals surface area contributed by atoms with Gasteiger partial charge in [0.25, 0.3) is 5.91 Å². The average Bonchev–Trinajstić information content (AvgIpc) is 3.54. The van der Waals surface area contributed by atoms with Crippen molar-refractivity contribution >= 4 is 38.3 Å². The molecule has 11 heteroatoms. The molecule has 2 amide bonds. The van der Waals surface area contributed by atoms with Crippen molar-refractivity contribution in [1.82, 2.24) is 19.3 Å². The van der Waals surface area contributed by atoms with Gasteiger partial charge in [-0.25, -0.2) is 13.4 Å². The minimum atomic E-state index is -3.52. The number of benzene rings is 1. The van der Waals surface area contributed by atoms with E-state index in [0.717, 1.165) is 32.6 Å². The van der Waals surface area contributed by atoms with Crippen LogP contribution in [0, 0.1) is 5.41 Å². The molecule has 9 nitrogen and oxygen atoms in total. The van der Waals surface area contributed by atoms with Gasteiger partial charge in [-0.3, -0.25) is 18.5 Å². The van der Waals surface area contributed by atoms with Crippen LogP contribution in [0.2, 0.25) is 0 Å². The van der Waals surface area contributed by atoms with Crippen LogP contribution in [0.4, 0.5) is 5.13 Å². The lowest BCUT2D eigenvalue weighted by Crippen LogP contribution is -2.45. The molecular formula is C27H29N5O4S2. The van der Waals surface area contributed by atoms with Gasteiger partial charge in [0.15, 0.2) is 5.13 Å². The van der Waals surface area contributed by atoms with E-state index in [1.165, 1.54) is 29.8 Å². The van der Waals surface area contributed by atoms with Gasteiger partial charge in [0.2, 0.25) is 15.9 Å². The molecule has 1 aromatic carbocycles. The third kappa shape index (κ3) is 6.93. The molecule has 3 aromatic heterocycles. The smallest absolute Gasteiger partial charge is 0.253 e. The van der Waals surface area contributed by atoms with E-state index >= 15 is 0 Å². The molecular weight excluding hydrogens is 522 g/mol. The Morgan fingerprint density at radius 3 is 2.42 bits per heavy atom. The fourth-order valence-corrected chi connectivity index (χ4v) is 5.15. The lowest BCUT2D eigenvalue weighted by molar-refractivity contribution is -0.118. The SMILES string of the molecule is CC(C)(C)C[C@H](NC(=O)c1ccn(S(C)(=O)=O)c1)C(=O)Nc1nc(-c2cccc(-c3ccncc3)c2)cs1. The van der Waals surface area contributed by atoms with E-state index < -0.39 is 27.9 Å². The Hall–Kier alpha value is -3.83. The molecule has 0 aliphatic heterocycles. The van der Waals surface area contributed by atoms with E-state index in [1.54, 1.807) is 12.4 Å². The van der Waals surface area contributed by atoms with Crippen molar-refractivity contribution in [3.05, 3.63) is 78.2 Å². The predicted octanol–water partition coefficient (Wildman–Crippen LogP) is 4.65. The molecule has 0 saturated heterocycles. The molecule has 0 saturated carbocycles. The number of carbonyl (C=O) groups is 2. The van der Waals surface area contributed by atoms with E-state index in [1.807, 2.05) is 62.5 Å². The molecule has 4 rings (SSSR count). The molecule has 3 heterocycles. The van der Waals surface area contributed by atoms with Gasteiger partial charge < -0.3 is 10.6 Å². The number of aromatic nitrogens is 3. The van der Waals surface area contributed by atoms with Gasteiger partial charge in [0.05, 0.1) is 17.5 Å². The monoisotopic (exact) mass is 551 g/mol. The third-order valence-corrected chi connectivity index (χ3v) is 7.41. The number of anilines is 1. The fraction of sp³-hybridized carbons (Fsp3) is 0.259. The summed E-state index contributed by atoms with van der Waals surface area (Å²) in [6, 6.07) is 12.4. The molecule has 0 radical (unpaired) electrons. The number of thiazole rings is 1. The number of nitrogens with one attached hydrogen (secondary N) is 2. The first-order valence-electron chi connectivity index (χ1n) is 11.9. The molecule has 0 unspecified atom stereocenters. The molecule has 38 heavy (non-hydrogen) atoms. The van der Waals surface area contributed by atoms with Crippen LogP contribution >= 0.6 is 11.3 Å². The predicted molar refractivity (Wildman–Crippen MR) is 149 cm³/mol. The topological polar surface area (TPSA) is 123 Å². The second-order valence-corrected chi connectivity index (χ2v) is 12.9. The van der Waals surface area contributed by atoms with E-state index in [9.17, 15) is 18.0 Å². The van der Waals surface area contributed by atoms with Crippen LogP contribution in [-0.2, 0) is 14.8 Å². The number of hydrogen-bond acceptors (Lipinski definition) is 7. The van der Waals surface area contributed by atoms with Crippen LogP contribution in [0.1, 0.15) is 37.6 Å². The molecule has 0 aliphatic carbocycles. The van der Waals surface area contributed by atoms with Crippen LogP contribution in [0.25, 0.3) is 22.4 Å². The minimum absolute atomic E-state index is 0.146. The Kier molecular flexibility index (Phi) is 7.79. The maximum absolute atomic E-state index is 13.2. The average molecular weight is 552 g/mol. The van der Waals surface area contributed by atoms with Crippen molar-refractivity contribution < 1.29 is 18.0 Å². The van der Waals surface area contributed by atoms with E-state index in [-0.39, 0.29) is 11.0 Å². The minimum Gasteiger partial charge on any atom is -0.340 e. The highest BCUT2D eigenvalue weighted by molar-refractivity contribution is 7.89. The Bertz CT molecular complexity index is 1550. The molecule has 1 atom stereocenters. The quantitative estimate of drug-likeness (QED) is 0.329. The standard InChI is InChI=1S/C27H29N5O4S2/c1-27(2,3)15-22(29-24(33)21-10-13-32(16-21)38(4,35)36)25(34)31-26-30-23(17-37-26)20-7-5-6-19(14-20)18-8-11-28-12-9-18/h5-14,16-17,22H,15H2,1-4H3,(H,29,33)(H,30,31,34)/t22-/m0/s1. The van der Waals surface area contributed by atoms with Crippen molar-refractivity contribution in [3.63, 3.8) is 0 Å². The number of rotatable bonds is 8. The van der Waals surface area contributed by atoms with Gasteiger partial charge in [-0.05, 0) is 47.2 Å². The zero-order valence-corrected chi connectivity index (χ0v) is 23.1. The first kappa shape index (κ1) is 27.2. The van der Waals surface area contributed by atoms with Crippen molar-refractivity contribution in [2.75, 3.05) is 11.6 Å². The Balaban J connectivity index is 1.50. The van der Waals surface area contributed by atoms with Crippen LogP contribution in [0.5, 0.6) is 0 Å². The number of pyridine rings is 1. The highest BCUT2D eigenvalue weighted by atomic mass is 32.2. The summed E-state index contributed by atoms with van der Waals surface area (Å²) in [4.78, 5) is 34.8. The summed E-state index contributed by atoms with van der Waals surface area (Å²) in [5, 5.41) is 7.86. The second-order valence-electron chi connectivity index (χ2n) is 10.1. The first-order valence-corrected chi connectivity index (χ1v) is 14.6. The van der Waals surface area contributed by atoms with Gasteiger partial charge >= 0.3 is 0 Å². The summed E-state index contributed by atoms with van der Waals surface area (Å²) in [6.45, 7) is 5.91. The summed E-state index contributed by atoms with van der Waals surface area (Å²) in [6.07, 6.45) is 7.42. The molecule has 2 N–H and O–H groups in total. The number of hydrogen-bond donors (Lipinski definition) is 2. The van der Waals surface area contributed by atoms with Crippen molar-refractivity contribution in [2.24, 2.45) is 5.41 Å². The summed E-state index contributed by atoms with van der Waals surface area (Å²) in [5.41, 5.74) is 3.58. The molecule has 0 fully saturated rings. The van der Waals surface area contributed by atoms with Gasteiger partial charge in [0.1, 0.15) is 6.04 Å². The summed E-state index contributed by atoms with van der Waals surface area (Å²) in [5.74, 6) is -0.938. The Morgan fingerprint density at radius 1 is 1.05 bits per heavy atom.